The number of hydrogen-bond donors (Lipinski definition) is 2. The largest absolute Gasteiger partial charge is 0.478 e. The second-order valence-corrected chi connectivity index (χ2v) is 7.79. The zero-order chi connectivity index (χ0) is 20.3. The molecule has 3 aromatic rings. The van der Waals surface area contributed by atoms with Gasteiger partial charge in [-0.05, 0) is 73.5 Å². The molecule has 7 nitrogen and oxygen atoms in total. The van der Waals surface area contributed by atoms with E-state index >= 15 is 0 Å². The smallest absolute Gasteiger partial charge is 0.335 e. The van der Waals surface area contributed by atoms with Gasteiger partial charge in [0.25, 0.3) is 10.0 Å². The van der Waals surface area contributed by atoms with Crippen LogP contribution in [0.2, 0.25) is 0 Å². The molecule has 2 N–H and O–H groups in total. The third-order valence-electron chi connectivity index (χ3n) is 4.15. The van der Waals surface area contributed by atoms with Crippen LogP contribution in [0.25, 0.3) is 0 Å². The van der Waals surface area contributed by atoms with Gasteiger partial charge in [-0.15, -0.1) is 0 Å². The van der Waals surface area contributed by atoms with E-state index in [0.29, 0.717) is 28.3 Å². The first kappa shape index (κ1) is 19.4. The van der Waals surface area contributed by atoms with Crippen molar-refractivity contribution in [3.8, 4) is 11.5 Å². The Morgan fingerprint density at radius 1 is 1.00 bits per heavy atom. The first-order valence-corrected chi connectivity index (χ1v) is 9.80. The number of aromatic carboxylic acids is 1. The number of nitrogens with one attached hydrogen (secondary N) is 1. The van der Waals surface area contributed by atoms with Crippen LogP contribution in [-0.2, 0) is 10.0 Å². The lowest BCUT2D eigenvalue weighted by Crippen LogP contribution is -2.16. The Morgan fingerprint density at radius 3 is 2.21 bits per heavy atom. The van der Waals surface area contributed by atoms with Crippen molar-refractivity contribution in [1.82, 2.24) is 4.98 Å². The number of anilines is 1. The monoisotopic (exact) mass is 398 g/mol. The molecule has 0 saturated carbocycles. The summed E-state index contributed by atoms with van der Waals surface area (Å²) in [6, 6.07) is 12.4. The minimum absolute atomic E-state index is 0.0676. The molecular formula is C20H18N2O5S. The van der Waals surface area contributed by atoms with Crippen molar-refractivity contribution in [2.24, 2.45) is 0 Å². The van der Waals surface area contributed by atoms with Gasteiger partial charge in [0.2, 0.25) is 0 Å². The molecule has 1 heterocycles. The van der Waals surface area contributed by atoms with Crippen LogP contribution in [0.1, 0.15) is 21.5 Å². The number of nitrogens with zero attached hydrogens (tertiary/aromatic N) is 1. The molecule has 3 rings (SSSR count). The summed E-state index contributed by atoms with van der Waals surface area (Å²) in [7, 11) is -3.96. The van der Waals surface area contributed by atoms with Crippen LogP contribution in [0.15, 0.2) is 65.8 Å². The highest BCUT2D eigenvalue weighted by molar-refractivity contribution is 7.92. The maximum atomic E-state index is 12.8. The maximum Gasteiger partial charge on any atom is 0.335 e. The molecule has 28 heavy (non-hydrogen) atoms. The van der Waals surface area contributed by atoms with Gasteiger partial charge in [-0.2, -0.15) is 0 Å². The number of pyridine rings is 1. The molecule has 0 radical (unpaired) electrons. The van der Waals surface area contributed by atoms with Crippen molar-refractivity contribution in [2.45, 2.75) is 18.7 Å². The number of benzene rings is 2. The van der Waals surface area contributed by atoms with Gasteiger partial charge in [0.1, 0.15) is 11.5 Å². The van der Waals surface area contributed by atoms with Crippen molar-refractivity contribution in [3.63, 3.8) is 0 Å². The fraction of sp³-hybridized carbons (Fsp3) is 0.100. The number of carboxylic acids is 1. The number of hydrogen-bond acceptors (Lipinski definition) is 5. The van der Waals surface area contributed by atoms with Gasteiger partial charge in [-0.1, -0.05) is 0 Å². The number of carbonyl (C=O) groups is 1. The fourth-order valence-electron chi connectivity index (χ4n) is 2.57. The van der Waals surface area contributed by atoms with Crippen molar-refractivity contribution in [1.29, 1.82) is 0 Å². The summed E-state index contributed by atoms with van der Waals surface area (Å²) in [5.41, 5.74) is 1.33. The lowest BCUT2D eigenvalue weighted by Gasteiger charge is -2.13. The molecule has 8 heteroatoms. The molecule has 0 bridgehead atoms. The Kier molecular flexibility index (Phi) is 5.32. The Bertz CT molecular complexity index is 1110. The second kappa shape index (κ2) is 7.69. The van der Waals surface area contributed by atoms with E-state index in [1.807, 2.05) is 0 Å². The van der Waals surface area contributed by atoms with E-state index in [2.05, 4.69) is 9.71 Å². The van der Waals surface area contributed by atoms with Crippen molar-refractivity contribution < 1.29 is 23.1 Å². The summed E-state index contributed by atoms with van der Waals surface area (Å²) >= 11 is 0. The normalized spacial score (nSPS) is 11.1. The molecule has 2 aromatic carbocycles. The lowest BCUT2D eigenvalue weighted by atomic mass is 10.1. The molecule has 0 aliphatic heterocycles. The topological polar surface area (TPSA) is 106 Å². The van der Waals surface area contributed by atoms with Crippen LogP contribution in [0, 0.1) is 13.8 Å². The number of aryl methyl sites for hydroxylation is 1. The van der Waals surface area contributed by atoms with E-state index in [9.17, 15) is 18.3 Å². The second-order valence-electron chi connectivity index (χ2n) is 6.14. The predicted molar refractivity (Wildman–Crippen MR) is 104 cm³/mol. The quantitative estimate of drug-likeness (QED) is 0.650. The van der Waals surface area contributed by atoms with E-state index < -0.39 is 16.0 Å². The molecule has 0 saturated heterocycles. The zero-order valence-electron chi connectivity index (χ0n) is 15.2. The minimum atomic E-state index is -3.96. The van der Waals surface area contributed by atoms with E-state index in [-0.39, 0.29) is 10.5 Å². The van der Waals surface area contributed by atoms with Crippen LogP contribution in [0.5, 0.6) is 11.5 Å². The number of aromatic nitrogens is 1. The summed E-state index contributed by atoms with van der Waals surface area (Å²) in [6.07, 6.45) is 3.21. The molecule has 144 valence electrons. The van der Waals surface area contributed by atoms with Crippen molar-refractivity contribution >= 4 is 21.7 Å². The molecule has 1 aromatic heterocycles. The van der Waals surface area contributed by atoms with E-state index in [1.54, 1.807) is 62.6 Å². The highest BCUT2D eigenvalue weighted by Gasteiger charge is 2.21. The average molecular weight is 398 g/mol. The average Bonchev–Trinajstić information content (AvgIpc) is 2.65. The molecule has 0 spiro atoms. The summed E-state index contributed by atoms with van der Waals surface area (Å²) in [6.45, 7) is 3.31. The minimum Gasteiger partial charge on any atom is -0.478 e. The van der Waals surface area contributed by atoms with Crippen LogP contribution >= 0.6 is 0 Å². The number of ether oxygens (including phenoxy) is 1. The van der Waals surface area contributed by atoms with Crippen LogP contribution < -0.4 is 9.46 Å². The first-order valence-electron chi connectivity index (χ1n) is 8.31. The molecule has 0 fully saturated rings. The highest BCUT2D eigenvalue weighted by Crippen LogP contribution is 2.26. The summed E-state index contributed by atoms with van der Waals surface area (Å²) in [4.78, 5) is 15.1. The Morgan fingerprint density at radius 2 is 1.61 bits per heavy atom. The van der Waals surface area contributed by atoms with Crippen molar-refractivity contribution in [3.05, 3.63) is 77.6 Å². The van der Waals surface area contributed by atoms with E-state index in [4.69, 9.17) is 4.74 Å². The Labute approximate surface area is 162 Å². The van der Waals surface area contributed by atoms with Gasteiger partial charge in [0.05, 0.1) is 10.5 Å². The Hall–Kier alpha value is -3.39. The maximum absolute atomic E-state index is 12.8. The summed E-state index contributed by atoms with van der Waals surface area (Å²) in [5.74, 6) is -0.0360. The van der Waals surface area contributed by atoms with Gasteiger partial charge in [0.15, 0.2) is 0 Å². The number of rotatable bonds is 6. The molecular weight excluding hydrogens is 380 g/mol. The standard InChI is InChI=1S/C20H18N2O5S/c1-13-11-15(20(23)24)12-19(14(13)2)28(25,26)22-16-3-5-17(6-4-16)27-18-7-9-21-10-8-18/h3-12,22H,1-2H3,(H,23,24). The summed E-state index contributed by atoms with van der Waals surface area (Å²) < 4.78 is 33.7. The third-order valence-corrected chi connectivity index (χ3v) is 5.66. The number of carboxylic acid groups (broad SMARTS) is 1. The van der Waals surface area contributed by atoms with Gasteiger partial charge in [-0.25, -0.2) is 13.2 Å². The molecule has 0 unspecified atom stereocenters. The SMILES string of the molecule is Cc1cc(C(=O)O)cc(S(=O)(=O)Nc2ccc(Oc3ccncc3)cc2)c1C. The van der Waals surface area contributed by atoms with Crippen LogP contribution in [-0.4, -0.2) is 24.5 Å². The number of sulfonamides is 1. The molecule has 0 aliphatic rings. The van der Waals surface area contributed by atoms with E-state index in [1.165, 1.54) is 6.07 Å². The van der Waals surface area contributed by atoms with Crippen molar-refractivity contribution in [2.75, 3.05) is 4.72 Å². The van der Waals surface area contributed by atoms with Gasteiger partial charge in [0, 0.05) is 18.1 Å². The predicted octanol–water partition coefficient (Wildman–Crippen LogP) is 3.99. The van der Waals surface area contributed by atoms with Gasteiger partial charge < -0.3 is 9.84 Å². The highest BCUT2D eigenvalue weighted by atomic mass is 32.2. The van der Waals surface area contributed by atoms with Gasteiger partial charge >= 0.3 is 5.97 Å². The molecule has 0 aliphatic carbocycles. The lowest BCUT2D eigenvalue weighted by molar-refractivity contribution is 0.0696. The van der Waals surface area contributed by atoms with Crippen LogP contribution in [0.4, 0.5) is 5.69 Å². The summed E-state index contributed by atoms with van der Waals surface area (Å²) in [5, 5.41) is 9.20. The van der Waals surface area contributed by atoms with Gasteiger partial charge in [-0.3, -0.25) is 9.71 Å². The zero-order valence-corrected chi connectivity index (χ0v) is 16.0. The first-order chi connectivity index (χ1) is 13.3. The Balaban J connectivity index is 1.84. The van der Waals surface area contributed by atoms with Crippen LogP contribution in [0.3, 0.4) is 0 Å². The fourth-order valence-corrected chi connectivity index (χ4v) is 3.98. The van der Waals surface area contributed by atoms with E-state index in [0.717, 1.165) is 6.07 Å². The molecule has 0 amide bonds. The molecule has 0 atom stereocenters. The third kappa shape index (κ3) is 4.29.